The lowest BCUT2D eigenvalue weighted by molar-refractivity contribution is 0.185. The quantitative estimate of drug-likeness (QED) is 0.775. The van der Waals surface area contributed by atoms with Gasteiger partial charge in [0, 0.05) is 43.8 Å². The molecule has 0 radical (unpaired) electrons. The van der Waals surface area contributed by atoms with Gasteiger partial charge in [-0.3, -0.25) is 0 Å². The van der Waals surface area contributed by atoms with Gasteiger partial charge in [-0.05, 0) is 20.3 Å². The molecule has 1 heterocycles. The zero-order chi connectivity index (χ0) is 11.1. The Morgan fingerprint density at radius 3 is 3.00 bits per heavy atom. The van der Waals surface area contributed by atoms with E-state index >= 15 is 0 Å². The van der Waals surface area contributed by atoms with E-state index in [0.717, 1.165) is 26.0 Å². The summed E-state index contributed by atoms with van der Waals surface area (Å²) in [7, 11) is 1.74. The van der Waals surface area contributed by atoms with Gasteiger partial charge in [0.05, 0.1) is 5.01 Å². The zero-order valence-corrected chi connectivity index (χ0v) is 10.6. The van der Waals surface area contributed by atoms with E-state index in [0.29, 0.717) is 6.04 Å². The summed E-state index contributed by atoms with van der Waals surface area (Å²) in [5.41, 5.74) is 0. The second-order valence-electron chi connectivity index (χ2n) is 3.75. The lowest BCUT2D eigenvalue weighted by atomic mass is 10.2. The Morgan fingerprint density at radius 2 is 2.40 bits per heavy atom. The molecule has 1 aromatic heterocycles. The first-order chi connectivity index (χ1) is 7.22. The van der Waals surface area contributed by atoms with E-state index in [1.807, 2.05) is 6.20 Å². The standard InChI is InChI=1S/C11H20N2OS/c1-9(5-7-14-3)12-6-4-11-13-8-10(2)15-11/h8-9,12H,4-7H2,1-3H3. The maximum atomic E-state index is 5.03. The summed E-state index contributed by atoms with van der Waals surface area (Å²) in [6.07, 6.45) is 4.03. The summed E-state index contributed by atoms with van der Waals surface area (Å²) in [6.45, 7) is 6.10. The van der Waals surface area contributed by atoms with E-state index < -0.39 is 0 Å². The number of aryl methyl sites for hydroxylation is 1. The number of hydrogen-bond donors (Lipinski definition) is 1. The predicted molar refractivity (Wildman–Crippen MR) is 64.5 cm³/mol. The molecule has 1 rings (SSSR count). The van der Waals surface area contributed by atoms with Crippen molar-refractivity contribution in [1.29, 1.82) is 0 Å². The van der Waals surface area contributed by atoms with E-state index in [-0.39, 0.29) is 0 Å². The average Bonchev–Trinajstić information content (AvgIpc) is 2.61. The second-order valence-corrected chi connectivity index (χ2v) is 5.07. The van der Waals surface area contributed by atoms with Gasteiger partial charge >= 0.3 is 0 Å². The van der Waals surface area contributed by atoms with Crippen LogP contribution < -0.4 is 5.32 Å². The third-order valence-corrected chi connectivity index (χ3v) is 3.23. The SMILES string of the molecule is COCCC(C)NCCc1ncc(C)s1. The maximum Gasteiger partial charge on any atom is 0.0940 e. The molecule has 0 fully saturated rings. The normalized spacial score (nSPS) is 13.0. The third kappa shape index (κ3) is 5.25. The third-order valence-electron chi connectivity index (χ3n) is 2.26. The minimum atomic E-state index is 0.519. The first-order valence-corrected chi connectivity index (χ1v) is 6.17. The molecule has 0 aromatic carbocycles. The van der Waals surface area contributed by atoms with Gasteiger partial charge in [-0.2, -0.15) is 0 Å². The number of hydrogen-bond acceptors (Lipinski definition) is 4. The van der Waals surface area contributed by atoms with Crippen LogP contribution in [0.2, 0.25) is 0 Å². The molecule has 1 aromatic rings. The number of nitrogens with one attached hydrogen (secondary N) is 1. The van der Waals surface area contributed by atoms with Gasteiger partial charge in [0.2, 0.25) is 0 Å². The Morgan fingerprint density at radius 1 is 1.60 bits per heavy atom. The first-order valence-electron chi connectivity index (χ1n) is 5.36. The molecule has 0 aliphatic carbocycles. The van der Waals surface area contributed by atoms with E-state index in [1.165, 1.54) is 9.88 Å². The molecule has 1 unspecified atom stereocenters. The Balaban J connectivity index is 2.10. The smallest absolute Gasteiger partial charge is 0.0940 e. The van der Waals surface area contributed by atoms with Crippen LogP contribution in [-0.4, -0.2) is 31.3 Å². The van der Waals surface area contributed by atoms with E-state index in [2.05, 4.69) is 24.1 Å². The number of methoxy groups -OCH3 is 1. The molecule has 0 amide bonds. The molecule has 0 saturated carbocycles. The van der Waals surface area contributed by atoms with Crippen LogP contribution in [0, 0.1) is 6.92 Å². The summed E-state index contributed by atoms with van der Waals surface area (Å²) in [4.78, 5) is 5.62. The lowest BCUT2D eigenvalue weighted by Crippen LogP contribution is -2.29. The molecule has 0 aliphatic heterocycles. The summed E-state index contributed by atoms with van der Waals surface area (Å²) in [6, 6.07) is 0.519. The largest absolute Gasteiger partial charge is 0.385 e. The minimum Gasteiger partial charge on any atom is -0.385 e. The highest BCUT2D eigenvalue weighted by Crippen LogP contribution is 2.11. The van der Waals surface area contributed by atoms with Gasteiger partial charge in [0.1, 0.15) is 0 Å². The fourth-order valence-corrected chi connectivity index (χ4v) is 2.13. The fourth-order valence-electron chi connectivity index (χ4n) is 1.34. The van der Waals surface area contributed by atoms with Gasteiger partial charge in [-0.1, -0.05) is 0 Å². The molecule has 0 bridgehead atoms. The molecule has 0 saturated heterocycles. The molecular weight excluding hydrogens is 208 g/mol. The Labute approximate surface area is 95.9 Å². The number of ether oxygens (including phenoxy) is 1. The summed E-state index contributed by atoms with van der Waals surface area (Å²) in [5.74, 6) is 0. The summed E-state index contributed by atoms with van der Waals surface area (Å²) in [5, 5.41) is 4.68. The molecule has 0 spiro atoms. The molecule has 4 heteroatoms. The summed E-state index contributed by atoms with van der Waals surface area (Å²) >= 11 is 1.78. The van der Waals surface area contributed by atoms with Crippen molar-refractivity contribution < 1.29 is 4.74 Å². The van der Waals surface area contributed by atoms with Gasteiger partial charge < -0.3 is 10.1 Å². The van der Waals surface area contributed by atoms with Crippen LogP contribution in [-0.2, 0) is 11.2 Å². The number of thiazole rings is 1. The molecule has 15 heavy (non-hydrogen) atoms. The highest BCUT2D eigenvalue weighted by Gasteiger charge is 2.02. The topological polar surface area (TPSA) is 34.1 Å². The van der Waals surface area contributed by atoms with Crippen molar-refractivity contribution in [2.24, 2.45) is 0 Å². The van der Waals surface area contributed by atoms with Crippen molar-refractivity contribution in [1.82, 2.24) is 10.3 Å². The van der Waals surface area contributed by atoms with E-state index in [4.69, 9.17) is 4.74 Å². The molecule has 1 N–H and O–H groups in total. The van der Waals surface area contributed by atoms with E-state index in [9.17, 15) is 0 Å². The van der Waals surface area contributed by atoms with Gasteiger partial charge in [0.25, 0.3) is 0 Å². The van der Waals surface area contributed by atoms with Crippen molar-refractivity contribution >= 4 is 11.3 Å². The van der Waals surface area contributed by atoms with Crippen LogP contribution in [0.1, 0.15) is 23.2 Å². The Bertz CT molecular complexity index is 275. The molecular formula is C11H20N2OS. The average molecular weight is 228 g/mol. The summed E-state index contributed by atoms with van der Waals surface area (Å²) < 4.78 is 5.03. The predicted octanol–water partition coefficient (Wildman–Crippen LogP) is 2.01. The van der Waals surface area contributed by atoms with Gasteiger partial charge in [0.15, 0.2) is 0 Å². The maximum absolute atomic E-state index is 5.03. The van der Waals surface area contributed by atoms with Crippen molar-refractivity contribution in [3.63, 3.8) is 0 Å². The number of aromatic nitrogens is 1. The monoisotopic (exact) mass is 228 g/mol. The fraction of sp³-hybridized carbons (Fsp3) is 0.727. The van der Waals surface area contributed by atoms with Crippen molar-refractivity contribution in [2.75, 3.05) is 20.3 Å². The zero-order valence-electron chi connectivity index (χ0n) is 9.75. The lowest BCUT2D eigenvalue weighted by Gasteiger charge is -2.12. The van der Waals surface area contributed by atoms with Crippen LogP contribution in [0.3, 0.4) is 0 Å². The Kier molecular flexibility index (Phi) is 5.83. The van der Waals surface area contributed by atoms with Crippen molar-refractivity contribution in [2.45, 2.75) is 32.7 Å². The van der Waals surface area contributed by atoms with Crippen LogP contribution in [0.4, 0.5) is 0 Å². The van der Waals surface area contributed by atoms with Crippen LogP contribution in [0.15, 0.2) is 6.20 Å². The minimum absolute atomic E-state index is 0.519. The van der Waals surface area contributed by atoms with Crippen LogP contribution >= 0.6 is 11.3 Å². The molecule has 86 valence electrons. The van der Waals surface area contributed by atoms with Crippen molar-refractivity contribution in [3.8, 4) is 0 Å². The number of rotatable bonds is 7. The highest BCUT2D eigenvalue weighted by molar-refractivity contribution is 7.11. The second kappa shape index (κ2) is 6.93. The van der Waals surface area contributed by atoms with Gasteiger partial charge in [-0.15, -0.1) is 11.3 Å². The Hall–Kier alpha value is -0.450. The molecule has 0 aliphatic rings. The van der Waals surface area contributed by atoms with Crippen LogP contribution in [0.5, 0.6) is 0 Å². The molecule has 1 atom stereocenters. The number of nitrogens with zero attached hydrogens (tertiary/aromatic N) is 1. The van der Waals surface area contributed by atoms with Crippen LogP contribution in [0.25, 0.3) is 0 Å². The van der Waals surface area contributed by atoms with Crippen molar-refractivity contribution in [3.05, 3.63) is 16.1 Å². The highest BCUT2D eigenvalue weighted by atomic mass is 32.1. The first kappa shape index (κ1) is 12.6. The molecule has 3 nitrogen and oxygen atoms in total. The van der Waals surface area contributed by atoms with E-state index in [1.54, 1.807) is 18.4 Å². The van der Waals surface area contributed by atoms with Gasteiger partial charge in [-0.25, -0.2) is 4.98 Å².